The van der Waals surface area contributed by atoms with E-state index in [2.05, 4.69) is 22.1 Å². The van der Waals surface area contributed by atoms with E-state index in [9.17, 15) is 4.79 Å². The lowest BCUT2D eigenvalue weighted by Crippen LogP contribution is -2.36. The predicted octanol–water partition coefficient (Wildman–Crippen LogP) is 2.77. The fourth-order valence-electron chi connectivity index (χ4n) is 2.14. The molecular weight excluding hydrogens is 250 g/mol. The summed E-state index contributed by atoms with van der Waals surface area (Å²) >= 11 is 0. The Labute approximate surface area is 122 Å². The number of rotatable bonds is 9. The van der Waals surface area contributed by atoms with Crippen molar-refractivity contribution in [3.8, 4) is 0 Å². The average molecular weight is 277 g/mol. The molecule has 0 fully saturated rings. The highest BCUT2D eigenvalue weighted by Gasteiger charge is 2.11. The lowest BCUT2D eigenvalue weighted by molar-refractivity contribution is -0.122. The minimum Gasteiger partial charge on any atom is -0.348 e. The molecule has 0 saturated heterocycles. The molecule has 1 unspecified atom stereocenters. The molecule has 1 aromatic heterocycles. The van der Waals surface area contributed by atoms with Crippen LogP contribution in [-0.2, 0) is 4.79 Å². The Kier molecular flexibility index (Phi) is 7.88. The van der Waals surface area contributed by atoms with Crippen LogP contribution < -0.4 is 5.32 Å². The van der Waals surface area contributed by atoms with Crippen molar-refractivity contribution in [1.82, 2.24) is 15.2 Å². The van der Waals surface area contributed by atoms with Crippen molar-refractivity contribution in [3.05, 3.63) is 30.1 Å². The predicted molar refractivity (Wildman–Crippen MR) is 82.4 cm³/mol. The summed E-state index contributed by atoms with van der Waals surface area (Å²) in [6, 6.07) is 3.87. The Hall–Kier alpha value is -1.42. The van der Waals surface area contributed by atoms with Gasteiger partial charge in [-0.15, -0.1) is 0 Å². The van der Waals surface area contributed by atoms with Crippen molar-refractivity contribution in [3.63, 3.8) is 0 Å². The van der Waals surface area contributed by atoms with Gasteiger partial charge in [-0.1, -0.05) is 32.3 Å². The van der Waals surface area contributed by atoms with E-state index in [0.29, 0.717) is 6.54 Å². The molecule has 112 valence electrons. The summed E-state index contributed by atoms with van der Waals surface area (Å²) in [6.07, 6.45) is 8.46. The summed E-state index contributed by atoms with van der Waals surface area (Å²) in [6.45, 7) is 5.62. The van der Waals surface area contributed by atoms with Crippen LogP contribution in [0.2, 0.25) is 0 Å². The Morgan fingerprint density at radius 2 is 2.20 bits per heavy atom. The molecule has 1 atom stereocenters. The van der Waals surface area contributed by atoms with Gasteiger partial charge in [0, 0.05) is 12.4 Å². The molecule has 0 aromatic carbocycles. The lowest BCUT2D eigenvalue weighted by atomic mass is 10.1. The number of hydrogen-bond acceptors (Lipinski definition) is 3. The van der Waals surface area contributed by atoms with Gasteiger partial charge in [0.2, 0.25) is 5.91 Å². The third kappa shape index (κ3) is 6.66. The van der Waals surface area contributed by atoms with Crippen LogP contribution in [0.3, 0.4) is 0 Å². The minimum absolute atomic E-state index is 0.00434. The number of pyridine rings is 1. The number of nitrogens with one attached hydrogen (secondary N) is 1. The summed E-state index contributed by atoms with van der Waals surface area (Å²) in [4.78, 5) is 18.1. The van der Waals surface area contributed by atoms with Gasteiger partial charge in [0.15, 0.2) is 0 Å². The van der Waals surface area contributed by atoms with Crippen LogP contribution in [-0.4, -0.2) is 35.9 Å². The summed E-state index contributed by atoms with van der Waals surface area (Å²) in [5.41, 5.74) is 1.03. The maximum absolute atomic E-state index is 12.0. The molecular formula is C16H27N3O. The number of carbonyl (C=O) groups excluding carboxylic acids is 1. The molecule has 1 rings (SSSR count). The molecule has 1 N–H and O–H groups in total. The first-order valence-corrected chi connectivity index (χ1v) is 7.51. The van der Waals surface area contributed by atoms with Crippen molar-refractivity contribution in [2.24, 2.45) is 0 Å². The number of aromatic nitrogens is 1. The number of unbranched alkanes of at least 4 members (excludes halogenated alkanes) is 3. The number of amides is 1. The van der Waals surface area contributed by atoms with E-state index in [-0.39, 0.29) is 11.9 Å². The van der Waals surface area contributed by atoms with E-state index in [1.165, 1.54) is 19.3 Å². The SMILES string of the molecule is CCCCCCN(C)CC(=O)NC(C)c1cccnc1. The Balaban J connectivity index is 2.25. The molecule has 0 saturated carbocycles. The zero-order valence-corrected chi connectivity index (χ0v) is 12.9. The molecule has 20 heavy (non-hydrogen) atoms. The second-order valence-corrected chi connectivity index (χ2v) is 5.37. The molecule has 0 aliphatic rings. The molecule has 1 heterocycles. The normalized spacial score (nSPS) is 12.4. The Bertz CT molecular complexity index is 381. The van der Waals surface area contributed by atoms with Crippen LogP contribution in [0.25, 0.3) is 0 Å². The monoisotopic (exact) mass is 277 g/mol. The molecule has 0 bridgehead atoms. The molecule has 4 nitrogen and oxygen atoms in total. The first-order chi connectivity index (χ1) is 9.63. The van der Waals surface area contributed by atoms with Crippen molar-refractivity contribution in [2.45, 2.75) is 45.6 Å². The standard InChI is InChI=1S/C16H27N3O/c1-4-5-6-7-11-19(3)13-16(20)18-14(2)15-9-8-10-17-12-15/h8-10,12,14H,4-7,11,13H2,1-3H3,(H,18,20). The first kappa shape index (κ1) is 16.6. The fraction of sp³-hybridized carbons (Fsp3) is 0.625. The third-order valence-corrected chi connectivity index (χ3v) is 3.37. The topological polar surface area (TPSA) is 45.2 Å². The van der Waals surface area contributed by atoms with E-state index >= 15 is 0 Å². The second-order valence-electron chi connectivity index (χ2n) is 5.37. The fourth-order valence-corrected chi connectivity index (χ4v) is 2.14. The molecule has 4 heteroatoms. The van der Waals surface area contributed by atoms with Gasteiger partial charge in [-0.25, -0.2) is 0 Å². The maximum Gasteiger partial charge on any atom is 0.234 e. The van der Waals surface area contributed by atoms with Gasteiger partial charge in [-0.3, -0.25) is 14.7 Å². The zero-order valence-electron chi connectivity index (χ0n) is 12.9. The van der Waals surface area contributed by atoms with Gasteiger partial charge < -0.3 is 5.32 Å². The van der Waals surface area contributed by atoms with E-state index in [0.717, 1.165) is 18.5 Å². The summed E-state index contributed by atoms with van der Waals surface area (Å²) in [5, 5.41) is 3.01. The summed E-state index contributed by atoms with van der Waals surface area (Å²) in [5.74, 6) is 0.0688. The number of hydrogen-bond donors (Lipinski definition) is 1. The van der Waals surface area contributed by atoms with Gasteiger partial charge in [0.1, 0.15) is 0 Å². The van der Waals surface area contributed by atoms with Gasteiger partial charge in [0.25, 0.3) is 0 Å². The van der Waals surface area contributed by atoms with Crippen LogP contribution in [0.4, 0.5) is 0 Å². The minimum atomic E-state index is 0.00434. The zero-order chi connectivity index (χ0) is 14.8. The van der Waals surface area contributed by atoms with Crippen molar-refractivity contribution in [2.75, 3.05) is 20.1 Å². The van der Waals surface area contributed by atoms with E-state index in [1.807, 2.05) is 26.1 Å². The second kappa shape index (κ2) is 9.48. The smallest absolute Gasteiger partial charge is 0.234 e. The molecule has 0 aliphatic heterocycles. The van der Waals surface area contributed by atoms with Gasteiger partial charge >= 0.3 is 0 Å². The van der Waals surface area contributed by atoms with E-state index < -0.39 is 0 Å². The van der Waals surface area contributed by atoms with Gasteiger partial charge in [-0.2, -0.15) is 0 Å². The van der Waals surface area contributed by atoms with Crippen LogP contribution in [0.15, 0.2) is 24.5 Å². The van der Waals surface area contributed by atoms with E-state index in [1.54, 1.807) is 12.4 Å². The summed E-state index contributed by atoms with van der Waals surface area (Å²) in [7, 11) is 2.00. The number of nitrogens with zero attached hydrogens (tertiary/aromatic N) is 2. The molecule has 1 aromatic rings. The number of likely N-dealkylation sites (N-methyl/N-ethyl adjacent to an activating group) is 1. The van der Waals surface area contributed by atoms with Crippen LogP contribution in [0.1, 0.15) is 51.1 Å². The number of carbonyl (C=O) groups is 1. The Morgan fingerprint density at radius 3 is 2.85 bits per heavy atom. The molecule has 0 radical (unpaired) electrons. The average Bonchev–Trinajstić information content (AvgIpc) is 2.44. The summed E-state index contributed by atoms with van der Waals surface area (Å²) < 4.78 is 0. The first-order valence-electron chi connectivity index (χ1n) is 7.51. The largest absolute Gasteiger partial charge is 0.348 e. The van der Waals surface area contributed by atoms with Gasteiger partial charge in [0.05, 0.1) is 12.6 Å². The van der Waals surface area contributed by atoms with Crippen LogP contribution >= 0.6 is 0 Å². The highest BCUT2D eigenvalue weighted by atomic mass is 16.2. The highest BCUT2D eigenvalue weighted by Crippen LogP contribution is 2.09. The maximum atomic E-state index is 12.0. The highest BCUT2D eigenvalue weighted by molar-refractivity contribution is 5.78. The lowest BCUT2D eigenvalue weighted by Gasteiger charge is -2.19. The molecule has 0 spiro atoms. The van der Waals surface area contributed by atoms with Crippen LogP contribution in [0.5, 0.6) is 0 Å². The Morgan fingerprint density at radius 1 is 1.40 bits per heavy atom. The van der Waals surface area contributed by atoms with Crippen LogP contribution in [0, 0.1) is 0 Å². The third-order valence-electron chi connectivity index (χ3n) is 3.37. The quantitative estimate of drug-likeness (QED) is 0.706. The van der Waals surface area contributed by atoms with Crippen molar-refractivity contribution < 1.29 is 4.79 Å². The van der Waals surface area contributed by atoms with E-state index in [4.69, 9.17) is 0 Å². The van der Waals surface area contributed by atoms with Crippen molar-refractivity contribution >= 4 is 5.91 Å². The molecule has 0 aliphatic carbocycles. The molecule has 1 amide bonds. The van der Waals surface area contributed by atoms with Crippen molar-refractivity contribution in [1.29, 1.82) is 0 Å². The van der Waals surface area contributed by atoms with Gasteiger partial charge in [-0.05, 0) is 38.6 Å².